The molecule has 1 aromatic rings. The average Bonchev–Trinajstić information content (AvgIpc) is 2.93. The molecule has 21 heavy (non-hydrogen) atoms. The van der Waals surface area contributed by atoms with E-state index in [4.69, 9.17) is 4.74 Å². The summed E-state index contributed by atoms with van der Waals surface area (Å²) in [4.78, 5) is 49.1. The lowest BCUT2D eigenvalue weighted by atomic mass is 10.2. The minimum atomic E-state index is -4.40. The van der Waals surface area contributed by atoms with Crippen LogP contribution in [0.3, 0.4) is 0 Å². The van der Waals surface area contributed by atoms with Crippen LogP contribution in [0, 0.1) is 9.81 Å². The molecule has 2 rings (SSSR count). The fraction of sp³-hybridized carbons (Fsp3) is 0.556. The summed E-state index contributed by atoms with van der Waals surface area (Å²) in [7, 11) is -4.40. The summed E-state index contributed by atoms with van der Waals surface area (Å²) >= 11 is 0. The van der Waals surface area contributed by atoms with Crippen LogP contribution >= 0.6 is 7.67 Å². The number of nitrogens with one attached hydrogen (secondary N) is 1. The van der Waals surface area contributed by atoms with Crippen molar-refractivity contribution >= 4 is 7.67 Å². The number of aromatic nitrogens is 2. The summed E-state index contributed by atoms with van der Waals surface area (Å²) in [5.74, 6) is 0. The first-order valence-electron chi connectivity index (χ1n) is 5.89. The van der Waals surface area contributed by atoms with Crippen LogP contribution in [0.1, 0.15) is 19.1 Å². The molecule has 0 spiro atoms. The molecule has 0 radical (unpaired) electrons. The lowest BCUT2D eigenvalue weighted by Gasteiger charge is -2.15. The summed E-state index contributed by atoms with van der Waals surface area (Å²) in [6, 6.07) is 1.18. The maximum absolute atomic E-state index is 11.6. The Labute approximate surface area is 116 Å². The number of hydrogen-bond donors (Lipinski definition) is 1. The first-order chi connectivity index (χ1) is 9.97. The molecule has 0 aliphatic carbocycles. The molecular formula is C9H11N4O7P. The van der Waals surface area contributed by atoms with Crippen LogP contribution < -0.4 is 11.2 Å². The van der Waals surface area contributed by atoms with Crippen LogP contribution in [0.25, 0.3) is 0 Å². The van der Waals surface area contributed by atoms with E-state index in [0.29, 0.717) is 12.8 Å². The van der Waals surface area contributed by atoms with Gasteiger partial charge in [-0.25, -0.2) is 9.36 Å². The number of hydrogen-bond acceptors (Lipinski definition) is 7. The third kappa shape index (κ3) is 3.57. The predicted octanol–water partition coefficient (Wildman–Crippen LogP) is 0.872. The van der Waals surface area contributed by atoms with Gasteiger partial charge < -0.3 is 4.74 Å². The lowest BCUT2D eigenvalue weighted by Crippen LogP contribution is -2.31. The molecule has 1 N–H and O–H groups in total. The van der Waals surface area contributed by atoms with Gasteiger partial charge >= 0.3 is 13.4 Å². The number of rotatable bonds is 6. The minimum absolute atomic E-state index is 0.316. The predicted molar refractivity (Wildman–Crippen MR) is 69.6 cm³/mol. The fourth-order valence-corrected chi connectivity index (χ4v) is 2.39. The highest BCUT2D eigenvalue weighted by atomic mass is 31.2. The Morgan fingerprint density at radius 3 is 2.71 bits per heavy atom. The highest BCUT2D eigenvalue weighted by Crippen LogP contribution is 2.50. The molecular weight excluding hydrogens is 307 g/mol. The van der Waals surface area contributed by atoms with E-state index < -0.39 is 31.3 Å². The SMILES string of the molecule is O=NP(=O)(N=O)OCC1CCC(n2ccc(=O)[nH]c2=O)O1. The van der Waals surface area contributed by atoms with Gasteiger partial charge in [-0.3, -0.25) is 18.9 Å². The zero-order valence-electron chi connectivity index (χ0n) is 10.6. The Bertz CT molecular complexity index is 686. The quantitative estimate of drug-likeness (QED) is 0.604. The van der Waals surface area contributed by atoms with Crippen LogP contribution in [-0.4, -0.2) is 22.3 Å². The highest BCUT2D eigenvalue weighted by Gasteiger charge is 2.32. The molecule has 0 bridgehead atoms. The molecule has 1 aliphatic rings. The normalized spacial score (nSPS) is 22.1. The van der Waals surface area contributed by atoms with Crippen molar-refractivity contribution in [3.05, 3.63) is 42.9 Å². The first-order valence-corrected chi connectivity index (χ1v) is 7.42. The smallest absolute Gasteiger partial charge is 0.352 e. The molecule has 0 aromatic carbocycles. The van der Waals surface area contributed by atoms with Crippen molar-refractivity contribution < 1.29 is 13.8 Å². The Morgan fingerprint density at radius 2 is 2.10 bits per heavy atom. The van der Waals surface area contributed by atoms with E-state index in [9.17, 15) is 24.0 Å². The zero-order valence-corrected chi connectivity index (χ0v) is 11.5. The Kier molecular flexibility index (Phi) is 4.56. The summed E-state index contributed by atoms with van der Waals surface area (Å²) in [5.41, 5.74) is -1.15. The topological polar surface area (TPSA) is 149 Å². The second-order valence-electron chi connectivity index (χ2n) is 4.26. The third-order valence-electron chi connectivity index (χ3n) is 2.88. The van der Waals surface area contributed by atoms with E-state index in [1.807, 2.05) is 0 Å². The number of nitroso groups, excluding NO2 is 2. The largest absolute Gasteiger partial charge is 0.504 e. The average molecular weight is 318 g/mol. The second kappa shape index (κ2) is 6.20. The van der Waals surface area contributed by atoms with Gasteiger partial charge in [0.15, 0.2) is 0 Å². The van der Waals surface area contributed by atoms with Gasteiger partial charge in [0, 0.05) is 22.2 Å². The summed E-state index contributed by atoms with van der Waals surface area (Å²) in [6.07, 6.45) is 0.961. The molecule has 0 saturated carbocycles. The van der Waals surface area contributed by atoms with Crippen molar-refractivity contribution in [2.75, 3.05) is 6.61 Å². The van der Waals surface area contributed by atoms with Crippen molar-refractivity contribution in [3.8, 4) is 0 Å². The molecule has 1 aromatic heterocycles. The molecule has 2 heterocycles. The van der Waals surface area contributed by atoms with Crippen molar-refractivity contribution in [3.63, 3.8) is 0 Å². The van der Waals surface area contributed by atoms with Crippen molar-refractivity contribution in [1.82, 2.24) is 9.55 Å². The Morgan fingerprint density at radius 1 is 1.38 bits per heavy atom. The van der Waals surface area contributed by atoms with Crippen molar-refractivity contribution in [1.29, 1.82) is 0 Å². The highest BCUT2D eigenvalue weighted by molar-refractivity contribution is 7.55. The van der Waals surface area contributed by atoms with Gasteiger partial charge in [-0.05, 0) is 12.8 Å². The standard InChI is InChI=1S/C9H11N4O7P/c14-7-3-4-13(9(15)10-7)8-2-1-6(20-8)5-19-21(18,11-16)12-17/h3-4,6,8H,1-2,5H2,(H,10,14,15). The maximum atomic E-state index is 11.6. The summed E-state index contributed by atoms with van der Waals surface area (Å²) in [5, 5.41) is 0. The van der Waals surface area contributed by atoms with Crippen molar-refractivity contribution in [2.45, 2.75) is 25.2 Å². The number of H-pyrrole nitrogens is 1. The Hall–Kier alpha value is -1.97. The van der Waals surface area contributed by atoms with E-state index >= 15 is 0 Å². The molecule has 1 fully saturated rings. The summed E-state index contributed by atoms with van der Waals surface area (Å²) < 4.78 is 22.4. The second-order valence-corrected chi connectivity index (χ2v) is 5.82. The molecule has 2 atom stereocenters. The van der Waals surface area contributed by atoms with Gasteiger partial charge in [-0.15, -0.1) is 9.81 Å². The third-order valence-corrected chi connectivity index (χ3v) is 3.78. The van der Waals surface area contributed by atoms with Crippen molar-refractivity contribution in [2.24, 2.45) is 9.89 Å². The number of aromatic amines is 1. The van der Waals surface area contributed by atoms with Crippen LogP contribution in [0.5, 0.6) is 0 Å². The van der Waals surface area contributed by atoms with Gasteiger partial charge in [0.1, 0.15) is 6.23 Å². The monoisotopic (exact) mass is 318 g/mol. The zero-order chi connectivity index (χ0) is 15.5. The van der Waals surface area contributed by atoms with E-state index in [2.05, 4.69) is 19.4 Å². The fourth-order valence-electron chi connectivity index (χ4n) is 1.91. The molecule has 1 aliphatic heterocycles. The summed E-state index contributed by atoms with van der Waals surface area (Å²) in [6.45, 7) is -0.316. The molecule has 12 heteroatoms. The molecule has 11 nitrogen and oxygen atoms in total. The molecule has 1 saturated heterocycles. The van der Waals surface area contributed by atoms with E-state index in [0.717, 1.165) is 0 Å². The minimum Gasteiger partial charge on any atom is -0.352 e. The molecule has 114 valence electrons. The molecule has 2 unspecified atom stereocenters. The number of ether oxygens (including phenoxy) is 1. The van der Waals surface area contributed by atoms with Crippen LogP contribution in [0.4, 0.5) is 0 Å². The van der Waals surface area contributed by atoms with Gasteiger partial charge in [-0.1, -0.05) is 0 Å². The number of nitrogens with zero attached hydrogens (tertiary/aromatic N) is 3. The lowest BCUT2D eigenvalue weighted by molar-refractivity contribution is -0.0196. The molecule has 0 amide bonds. The van der Waals surface area contributed by atoms with Gasteiger partial charge in [0.25, 0.3) is 5.56 Å². The van der Waals surface area contributed by atoms with E-state index in [1.54, 1.807) is 0 Å². The van der Waals surface area contributed by atoms with Gasteiger partial charge in [-0.2, -0.15) is 0 Å². The first kappa shape index (κ1) is 15.4. The van der Waals surface area contributed by atoms with Crippen LogP contribution in [0.2, 0.25) is 0 Å². The van der Waals surface area contributed by atoms with Crippen LogP contribution in [-0.2, 0) is 13.8 Å². The Balaban J connectivity index is 1.99. The maximum Gasteiger partial charge on any atom is 0.504 e. The van der Waals surface area contributed by atoms with E-state index in [1.165, 1.54) is 16.8 Å². The van der Waals surface area contributed by atoms with Gasteiger partial charge in [0.05, 0.1) is 12.7 Å². The van der Waals surface area contributed by atoms with E-state index in [-0.39, 0.29) is 6.61 Å². The van der Waals surface area contributed by atoms with Crippen LogP contribution in [0.15, 0.2) is 31.7 Å². The van der Waals surface area contributed by atoms with Gasteiger partial charge in [0.2, 0.25) is 0 Å².